The van der Waals surface area contributed by atoms with Gasteiger partial charge in [0.15, 0.2) is 0 Å². The van der Waals surface area contributed by atoms with E-state index in [0.717, 1.165) is 16.1 Å². The lowest BCUT2D eigenvalue weighted by molar-refractivity contribution is -0.903. The van der Waals surface area contributed by atoms with Crippen LogP contribution in [0.25, 0.3) is 0 Å². The Morgan fingerprint density at radius 2 is 1.21 bits per heavy atom. The van der Waals surface area contributed by atoms with Gasteiger partial charge in [0.25, 0.3) is 0 Å². The predicted molar refractivity (Wildman–Crippen MR) is 104 cm³/mol. The molecule has 0 aliphatic carbocycles. The predicted octanol–water partition coefficient (Wildman–Crippen LogP) is 3.84. The first-order chi connectivity index (χ1) is 11.0. The molecule has 0 aromatic heterocycles. The van der Waals surface area contributed by atoms with Crippen molar-refractivity contribution in [3.8, 4) is 0 Å². The van der Waals surface area contributed by atoms with Gasteiger partial charge in [0.1, 0.15) is 6.54 Å². The molecule has 1 rings (SSSR count). The second kappa shape index (κ2) is 14.0. The van der Waals surface area contributed by atoms with E-state index in [2.05, 4.69) is 33.2 Å². The van der Waals surface area contributed by atoms with Crippen molar-refractivity contribution in [2.45, 2.75) is 77.7 Å². The Kier molecular flexibility index (Phi) is 13.8. The molecule has 0 heterocycles. The second-order valence-electron chi connectivity index (χ2n) is 7.63. The minimum atomic E-state index is 0. The molecule has 0 amide bonds. The van der Waals surface area contributed by atoms with Crippen LogP contribution in [0.1, 0.15) is 76.7 Å². The zero-order valence-electron chi connectivity index (χ0n) is 16.0. The van der Waals surface area contributed by atoms with E-state index in [9.17, 15) is 0 Å². The van der Waals surface area contributed by atoms with Crippen LogP contribution >= 0.6 is 11.6 Å². The number of nitrogens with zero attached hydrogens (tertiary/aromatic N) is 1. The Morgan fingerprint density at radius 1 is 0.750 bits per heavy atom. The van der Waals surface area contributed by atoms with Crippen molar-refractivity contribution in [2.75, 3.05) is 20.6 Å². The van der Waals surface area contributed by atoms with Gasteiger partial charge in [-0.15, -0.1) is 0 Å². The molecule has 3 heteroatoms. The van der Waals surface area contributed by atoms with Gasteiger partial charge in [-0.3, -0.25) is 0 Å². The number of hydrogen-bond acceptors (Lipinski definition) is 0. The van der Waals surface area contributed by atoms with Crippen LogP contribution in [0.15, 0.2) is 24.3 Å². The van der Waals surface area contributed by atoms with E-state index in [1.807, 2.05) is 12.1 Å². The maximum Gasteiger partial charge on any atom is 0.104 e. The van der Waals surface area contributed by atoms with Gasteiger partial charge in [-0.05, 0) is 25.0 Å². The van der Waals surface area contributed by atoms with E-state index in [0.29, 0.717) is 0 Å². The van der Waals surface area contributed by atoms with Crippen molar-refractivity contribution in [3.05, 3.63) is 34.9 Å². The van der Waals surface area contributed by atoms with Crippen LogP contribution in [0, 0.1) is 0 Å². The molecule has 0 bridgehead atoms. The van der Waals surface area contributed by atoms with Crippen molar-refractivity contribution in [1.29, 1.82) is 0 Å². The molecule has 0 saturated heterocycles. The molecular weight excluding hydrogens is 337 g/mol. The molecule has 0 atom stereocenters. The molecule has 24 heavy (non-hydrogen) atoms. The van der Waals surface area contributed by atoms with Crippen molar-refractivity contribution in [2.24, 2.45) is 0 Å². The molecule has 0 aliphatic rings. The molecule has 0 spiro atoms. The average molecular weight is 374 g/mol. The first-order valence-electron chi connectivity index (χ1n) is 9.60. The summed E-state index contributed by atoms with van der Waals surface area (Å²) < 4.78 is 1.07. The third kappa shape index (κ3) is 12.2. The largest absolute Gasteiger partial charge is 1.00 e. The molecule has 0 saturated carbocycles. The molecule has 0 N–H and O–H groups in total. The minimum absolute atomic E-state index is 0. The van der Waals surface area contributed by atoms with Gasteiger partial charge in [0.05, 0.1) is 20.6 Å². The fourth-order valence-corrected chi connectivity index (χ4v) is 3.32. The van der Waals surface area contributed by atoms with Crippen LogP contribution < -0.4 is 12.4 Å². The summed E-state index contributed by atoms with van der Waals surface area (Å²) in [5.74, 6) is 0. The Morgan fingerprint density at radius 3 is 1.71 bits per heavy atom. The van der Waals surface area contributed by atoms with Gasteiger partial charge in [-0.1, -0.05) is 82.0 Å². The molecule has 1 aromatic carbocycles. The van der Waals surface area contributed by atoms with Crippen molar-refractivity contribution >= 4 is 11.6 Å². The SMILES string of the molecule is CCCCCCCCCCCC[N+](C)(C)Cc1ccc(Cl)cc1.[Cl-]. The molecule has 0 aliphatic heterocycles. The highest BCUT2D eigenvalue weighted by atomic mass is 35.5. The van der Waals surface area contributed by atoms with Gasteiger partial charge < -0.3 is 16.9 Å². The summed E-state index contributed by atoms with van der Waals surface area (Å²) in [4.78, 5) is 0. The number of hydrogen-bond donors (Lipinski definition) is 0. The summed E-state index contributed by atoms with van der Waals surface area (Å²) >= 11 is 5.96. The zero-order valence-corrected chi connectivity index (χ0v) is 17.5. The number of unbranched alkanes of at least 4 members (excludes halogenated alkanes) is 9. The number of benzene rings is 1. The molecule has 140 valence electrons. The van der Waals surface area contributed by atoms with Crippen LogP contribution in [0.4, 0.5) is 0 Å². The minimum Gasteiger partial charge on any atom is -1.00 e. The highest BCUT2D eigenvalue weighted by molar-refractivity contribution is 6.30. The fraction of sp³-hybridized carbons (Fsp3) is 0.714. The lowest BCUT2D eigenvalue weighted by atomic mass is 10.1. The van der Waals surface area contributed by atoms with E-state index in [-0.39, 0.29) is 12.4 Å². The third-order valence-corrected chi connectivity index (χ3v) is 4.89. The summed E-state index contributed by atoms with van der Waals surface area (Å²) in [5.41, 5.74) is 1.38. The van der Waals surface area contributed by atoms with Crippen LogP contribution in [0.5, 0.6) is 0 Å². The topological polar surface area (TPSA) is 0 Å². The van der Waals surface area contributed by atoms with Gasteiger partial charge in [0.2, 0.25) is 0 Å². The van der Waals surface area contributed by atoms with Gasteiger partial charge in [-0.25, -0.2) is 0 Å². The maximum atomic E-state index is 5.96. The summed E-state index contributed by atoms with van der Waals surface area (Å²) in [6.07, 6.45) is 14.1. The van der Waals surface area contributed by atoms with Crippen LogP contribution in [0.2, 0.25) is 5.02 Å². The molecule has 0 fully saturated rings. The molecule has 1 aromatic rings. The standard InChI is InChI=1S/C21H37ClN.ClH/c1-4-5-6-7-8-9-10-11-12-13-18-23(2,3)19-20-14-16-21(22)17-15-20;/h14-17H,4-13,18-19H2,1-3H3;1H/q+1;/p-1. The lowest BCUT2D eigenvalue weighted by Crippen LogP contribution is -3.00. The number of halogens is 2. The summed E-state index contributed by atoms with van der Waals surface area (Å²) in [6, 6.07) is 8.30. The lowest BCUT2D eigenvalue weighted by Gasteiger charge is -2.30. The van der Waals surface area contributed by atoms with E-state index in [1.54, 1.807) is 0 Å². The Bertz CT molecular complexity index is 401. The summed E-state index contributed by atoms with van der Waals surface area (Å²) in [5, 5.41) is 0.828. The fourth-order valence-electron chi connectivity index (χ4n) is 3.19. The molecular formula is C21H37Cl2N. The van der Waals surface area contributed by atoms with E-state index >= 15 is 0 Å². The maximum absolute atomic E-state index is 5.96. The Labute approximate surface area is 161 Å². The van der Waals surface area contributed by atoms with Crippen molar-refractivity contribution in [3.63, 3.8) is 0 Å². The zero-order chi connectivity index (χ0) is 17.0. The van der Waals surface area contributed by atoms with Gasteiger partial charge >= 0.3 is 0 Å². The Balaban J connectivity index is 0.00000529. The summed E-state index contributed by atoms with van der Waals surface area (Å²) in [6.45, 7) is 4.64. The average Bonchev–Trinajstić information content (AvgIpc) is 2.51. The van der Waals surface area contributed by atoms with Crippen molar-refractivity contribution in [1.82, 2.24) is 0 Å². The van der Waals surface area contributed by atoms with E-state index < -0.39 is 0 Å². The van der Waals surface area contributed by atoms with Crippen molar-refractivity contribution < 1.29 is 16.9 Å². The van der Waals surface area contributed by atoms with E-state index in [4.69, 9.17) is 11.6 Å². The number of rotatable bonds is 13. The second-order valence-corrected chi connectivity index (χ2v) is 8.06. The monoisotopic (exact) mass is 373 g/mol. The third-order valence-electron chi connectivity index (χ3n) is 4.64. The van der Waals surface area contributed by atoms with E-state index in [1.165, 1.54) is 76.3 Å². The first kappa shape index (κ1) is 23.8. The normalized spacial score (nSPS) is 11.3. The quantitative estimate of drug-likeness (QED) is 0.364. The summed E-state index contributed by atoms with van der Waals surface area (Å²) in [7, 11) is 4.67. The van der Waals surface area contributed by atoms with Crippen LogP contribution in [-0.2, 0) is 6.54 Å². The molecule has 0 radical (unpaired) electrons. The Hall–Kier alpha value is -0.240. The van der Waals surface area contributed by atoms with Crippen LogP contribution in [-0.4, -0.2) is 25.1 Å². The first-order valence-corrected chi connectivity index (χ1v) is 9.98. The smallest absolute Gasteiger partial charge is 0.104 e. The van der Waals surface area contributed by atoms with Crippen LogP contribution in [0.3, 0.4) is 0 Å². The molecule has 1 nitrogen and oxygen atoms in total. The number of quaternary nitrogens is 1. The highest BCUT2D eigenvalue weighted by Gasteiger charge is 2.15. The van der Waals surface area contributed by atoms with Gasteiger partial charge in [-0.2, -0.15) is 0 Å². The highest BCUT2D eigenvalue weighted by Crippen LogP contribution is 2.16. The molecule has 0 unspecified atom stereocenters. The van der Waals surface area contributed by atoms with Gasteiger partial charge in [0, 0.05) is 10.6 Å².